The van der Waals surface area contributed by atoms with Gasteiger partial charge in [-0.15, -0.1) is 0 Å². The topological polar surface area (TPSA) is 66.8 Å². The van der Waals surface area contributed by atoms with Crippen molar-refractivity contribution in [2.45, 2.75) is 39.2 Å². The van der Waals surface area contributed by atoms with Gasteiger partial charge in [-0.1, -0.05) is 32.0 Å². The van der Waals surface area contributed by atoms with Gasteiger partial charge < -0.3 is 14.9 Å². The average molecular weight is 314 g/mol. The first kappa shape index (κ1) is 16.9. The van der Waals surface area contributed by atoms with Crippen LogP contribution in [0.2, 0.25) is 0 Å². The van der Waals surface area contributed by atoms with E-state index < -0.39 is 11.4 Å². The largest absolute Gasteiger partial charge is 0.507 e. The molecule has 23 heavy (non-hydrogen) atoms. The lowest BCUT2D eigenvalue weighted by Gasteiger charge is -2.27. The van der Waals surface area contributed by atoms with Crippen LogP contribution in [-0.4, -0.2) is 22.3 Å². The number of carbonyl (C=O) groups is 1. The number of hydrogen-bond donors (Lipinski definition) is 2. The number of aromatic carboxylic acids is 1. The minimum Gasteiger partial charge on any atom is -0.507 e. The Kier molecular flexibility index (Phi) is 4.64. The van der Waals surface area contributed by atoms with E-state index in [0.29, 0.717) is 0 Å². The molecule has 0 atom stereocenters. The Morgan fingerprint density at radius 1 is 1.04 bits per heavy atom. The summed E-state index contributed by atoms with van der Waals surface area (Å²) in [4.78, 5) is 11.2. The number of carboxylic acids is 1. The van der Waals surface area contributed by atoms with Gasteiger partial charge >= 0.3 is 5.97 Å². The lowest BCUT2D eigenvalue weighted by atomic mass is 9.77. The standard InChI is InChI=1S/C19H22O4/c1-12(2)23-15-8-5-13(6-9-15)19(3,4)14-7-10-17(20)16(11-14)18(21)22/h5-12,20H,1-4H3,(H,21,22). The smallest absolute Gasteiger partial charge is 0.339 e. The normalized spacial score (nSPS) is 11.5. The second kappa shape index (κ2) is 6.32. The quantitative estimate of drug-likeness (QED) is 0.868. The Hall–Kier alpha value is -2.49. The minimum absolute atomic E-state index is 0.0877. The molecule has 0 radical (unpaired) electrons. The third-order valence-electron chi connectivity index (χ3n) is 3.90. The van der Waals surface area contributed by atoms with E-state index in [1.54, 1.807) is 6.07 Å². The van der Waals surface area contributed by atoms with Crippen LogP contribution < -0.4 is 4.74 Å². The number of carboxylic acid groups (broad SMARTS) is 1. The Bertz CT molecular complexity index is 700. The summed E-state index contributed by atoms with van der Waals surface area (Å²) >= 11 is 0. The van der Waals surface area contributed by atoms with Crippen LogP contribution in [-0.2, 0) is 5.41 Å². The molecule has 0 heterocycles. The van der Waals surface area contributed by atoms with E-state index in [0.717, 1.165) is 16.9 Å². The number of aromatic hydroxyl groups is 1. The first-order valence-corrected chi connectivity index (χ1v) is 7.56. The van der Waals surface area contributed by atoms with E-state index in [2.05, 4.69) is 0 Å². The number of ether oxygens (including phenoxy) is 1. The zero-order valence-corrected chi connectivity index (χ0v) is 13.8. The number of rotatable bonds is 5. The first-order chi connectivity index (χ1) is 10.7. The molecule has 2 rings (SSSR count). The zero-order chi connectivity index (χ0) is 17.2. The van der Waals surface area contributed by atoms with Crippen LogP contribution >= 0.6 is 0 Å². The highest BCUT2D eigenvalue weighted by atomic mass is 16.5. The molecule has 4 heteroatoms. The molecule has 0 aromatic heterocycles. The molecule has 0 fully saturated rings. The molecule has 4 nitrogen and oxygen atoms in total. The maximum atomic E-state index is 11.2. The van der Waals surface area contributed by atoms with Crippen LogP contribution in [0.4, 0.5) is 0 Å². The lowest BCUT2D eigenvalue weighted by Crippen LogP contribution is -2.19. The van der Waals surface area contributed by atoms with Crippen molar-refractivity contribution in [2.24, 2.45) is 0 Å². The second-order valence-corrected chi connectivity index (χ2v) is 6.35. The molecule has 2 N–H and O–H groups in total. The van der Waals surface area contributed by atoms with E-state index in [4.69, 9.17) is 4.74 Å². The van der Waals surface area contributed by atoms with Crippen LogP contribution in [0.3, 0.4) is 0 Å². The molecule has 0 saturated heterocycles. The summed E-state index contributed by atoms with van der Waals surface area (Å²) in [6.45, 7) is 7.98. The van der Waals surface area contributed by atoms with Gasteiger partial charge in [0.15, 0.2) is 0 Å². The molecule has 0 spiro atoms. The predicted octanol–water partition coefficient (Wildman–Crippen LogP) is 4.20. The molecule has 0 aliphatic heterocycles. The van der Waals surface area contributed by atoms with Crippen LogP contribution in [0.5, 0.6) is 11.5 Å². The molecule has 0 aliphatic rings. The summed E-state index contributed by atoms with van der Waals surface area (Å²) < 4.78 is 5.64. The van der Waals surface area contributed by atoms with Gasteiger partial charge in [-0.2, -0.15) is 0 Å². The lowest BCUT2D eigenvalue weighted by molar-refractivity contribution is 0.0693. The van der Waals surface area contributed by atoms with Gasteiger partial charge in [0.25, 0.3) is 0 Å². The third kappa shape index (κ3) is 3.65. The van der Waals surface area contributed by atoms with Gasteiger partial charge in [0, 0.05) is 5.41 Å². The summed E-state index contributed by atoms with van der Waals surface area (Å²) in [5.41, 5.74) is 1.38. The van der Waals surface area contributed by atoms with E-state index >= 15 is 0 Å². The third-order valence-corrected chi connectivity index (χ3v) is 3.90. The van der Waals surface area contributed by atoms with E-state index in [1.165, 1.54) is 12.1 Å². The van der Waals surface area contributed by atoms with Crippen LogP contribution in [0, 0.1) is 0 Å². The van der Waals surface area contributed by atoms with E-state index in [1.807, 2.05) is 52.0 Å². The highest BCUT2D eigenvalue weighted by Crippen LogP contribution is 2.34. The molecule has 0 bridgehead atoms. The van der Waals surface area contributed by atoms with Crippen molar-refractivity contribution in [1.29, 1.82) is 0 Å². The summed E-state index contributed by atoms with van der Waals surface area (Å²) in [5.74, 6) is -0.560. The van der Waals surface area contributed by atoms with Gasteiger partial charge in [0.1, 0.15) is 17.1 Å². The summed E-state index contributed by atoms with van der Waals surface area (Å²) in [6, 6.07) is 12.5. The Morgan fingerprint density at radius 2 is 1.61 bits per heavy atom. The maximum absolute atomic E-state index is 11.2. The SMILES string of the molecule is CC(C)Oc1ccc(C(C)(C)c2ccc(O)c(C(=O)O)c2)cc1. The summed E-state index contributed by atoms with van der Waals surface area (Å²) in [5, 5.41) is 18.8. The first-order valence-electron chi connectivity index (χ1n) is 7.56. The monoisotopic (exact) mass is 314 g/mol. The van der Waals surface area contributed by atoms with Gasteiger partial charge in [-0.05, 0) is 49.2 Å². The molecule has 122 valence electrons. The molecular weight excluding hydrogens is 292 g/mol. The number of phenols is 1. The van der Waals surface area contributed by atoms with Crippen molar-refractivity contribution < 1.29 is 19.7 Å². The molecule has 2 aromatic rings. The molecular formula is C19H22O4. The van der Waals surface area contributed by atoms with Crippen LogP contribution in [0.1, 0.15) is 49.2 Å². The number of benzene rings is 2. The van der Waals surface area contributed by atoms with E-state index in [-0.39, 0.29) is 17.4 Å². The second-order valence-electron chi connectivity index (χ2n) is 6.35. The van der Waals surface area contributed by atoms with Gasteiger partial charge in [0.2, 0.25) is 0 Å². The minimum atomic E-state index is -1.14. The summed E-state index contributed by atoms with van der Waals surface area (Å²) in [7, 11) is 0. The Balaban J connectivity index is 2.37. The molecule has 0 saturated carbocycles. The van der Waals surface area contributed by atoms with E-state index in [9.17, 15) is 15.0 Å². The van der Waals surface area contributed by atoms with Crippen molar-refractivity contribution in [1.82, 2.24) is 0 Å². The molecule has 0 aliphatic carbocycles. The zero-order valence-electron chi connectivity index (χ0n) is 13.8. The fourth-order valence-corrected chi connectivity index (χ4v) is 2.49. The van der Waals surface area contributed by atoms with Crippen molar-refractivity contribution in [3.63, 3.8) is 0 Å². The van der Waals surface area contributed by atoms with Crippen molar-refractivity contribution in [3.8, 4) is 11.5 Å². The highest BCUT2D eigenvalue weighted by Gasteiger charge is 2.25. The molecule has 0 unspecified atom stereocenters. The molecule has 0 amide bonds. The van der Waals surface area contributed by atoms with Crippen molar-refractivity contribution in [3.05, 3.63) is 59.2 Å². The highest BCUT2D eigenvalue weighted by molar-refractivity contribution is 5.91. The number of hydrogen-bond acceptors (Lipinski definition) is 3. The van der Waals surface area contributed by atoms with Gasteiger partial charge in [0.05, 0.1) is 6.10 Å². The fourth-order valence-electron chi connectivity index (χ4n) is 2.49. The van der Waals surface area contributed by atoms with Gasteiger partial charge in [-0.25, -0.2) is 4.79 Å². The maximum Gasteiger partial charge on any atom is 0.339 e. The van der Waals surface area contributed by atoms with Crippen molar-refractivity contribution in [2.75, 3.05) is 0 Å². The van der Waals surface area contributed by atoms with Gasteiger partial charge in [-0.3, -0.25) is 0 Å². The van der Waals surface area contributed by atoms with Crippen LogP contribution in [0.25, 0.3) is 0 Å². The fraction of sp³-hybridized carbons (Fsp3) is 0.316. The average Bonchev–Trinajstić information content (AvgIpc) is 2.47. The van der Waals surface area contributed by atoms with Crippen LogP contribution in [0.15, 0.2) is 42.5 Å². The predicted molar refractivity (Wildman–Crippen MR) is 89.4 cm³/mol. The van der Waals surface area contributed by atoms with Crippen molar-refractivity contribution >= 4 is 5.97 Å². The molecule has 2 aromatic carbocycles. The Labute approximate surface area is 136 Å². The summed E-state index contributed by atoms with van der Waals surface area (Å²) in [6.07, 6.45) is 0.115. The Morgan fingerprint density at radius 3 is 2.13 bits per heavy atom.